The van der Waals surface area contributed by atoms with Crippen molar-refractivity contribution in [3.8, 4) is 0 Å². The highest BCUT2D eigenvalue weighted by Crippen LogP contribution is 2.25. The lowest BCUT2D eigenvalue weighted by atomic mass is 10.1. The van der Waals surface area contributed by atoms with Crippen molar-refractivity contribution >= 4 is 17.7 Å². The highest BCUT2D eigenvalue weighted by atomic mass is 32.2. The summed E-state index contributed by atoms with van der Waals surface area (Å²) < 4.78 is 0. The quantitative estimate of drug-likeness (QED) is 0.425. The summed E-state index contributed by atoms with van der Waals surface area (Å²) in [5.74, 6) is -1.44. The van der Waals surface area contributed by atoms with E-state index in [0.29, 0.717) is 6.54 Å². The fourth-order valence-corrected chi connectivity index (χ4v) is 1.86. The fraction of sp³-hybridized carbons (Fsp3) is 0.833. The van der Waals surface area contributed by atoms with Crippen LogP contribution in [0.5, 0.6) is 0 Å². The van der Waals surface area contributed by atoms with Gasteiger partial charge in [-0.15, -0.1) is 0 Å². The molecule has 12 heavy (non-hydrogen) atoms. The van der Waals surface area contributed by atoms with Crippen LogP contribution in [-0.2, 0) is 4.79 Å². The molecule has 0 saturated carbocycles. The maximum Gasteiger partial charge on any atom is 0.354 e. The molecule has 5 nitrogen and oxygen atoms in total. The molecule has 1 aliphatic heterocycles. The first-order valence-electron chi connectivity index (χ1n) is 3.44. The van der Waals surface area contributed by atoms with Gasteiger partial charge in [0.15, 0.2) is 0 Å². The summed E-state index contributed by atoms with van der Waals surface area (Å²) in [6, 6.07) is 0. The van der Waals surface area contributed by atoms with Crippen molar-refractivity contribution in [3.05, 3.63) is 0 Å². The Kier molecular flexibility index (Phi) is 2.62. The third-order valence-corrected chi connectivity index (χ3v) is 3.01. The van der Waals surface area contributed by atoms with Gasteiger partial charge in [0.1, 0.15) is 6.10 Å². The van der Waals surface area contributed by atoms with Gasteiger partial charge in [0, 0.05) is 11.8 Å². The summed E-state index contributed by atoms with van der Waals surface area (Å²) in [6.45, 7) is 0.297. The van der Waals surface area contributed by atoms with Crippen molar-refractivity contribution in [2.45, 2.75) is 17.1 Å². The molecule has 70 valence electrons. The molecule has 1 saturated heterocycles. The van der Waals surface area contributed by atoms with Gasteiger partial charge >= 0.3 is 5.97 Å². The Morgan fingerprint density at radius 3 is 2.58 bits per heavy atom. The minimum absolute atomic E-state index is 0.272. The van der Waals surface area contributed by atoms with Gasteiger partial charge in [-0.3, -0.25) is 5.32 Å². The molecule has 0 amide bonds. The monoisotopic (exact) mass is 193 g/mol. The van der Waals surface area contributed by atoms with E-state index >= 15 is 0 Å². The van der Waals surface area contributed by atoms with Gasteiger partial charge in [-0.2, -0.15) is 11.8 Å². The van der Waals surface area contributed by atoms with E-state index in [4.69, 9.17) is 5.11 Å². The zero-order valence-corrected chi connectivity index (χ0v) is 7.34. The number of carboxylic acid groups (broad SMARTS) is 1. The van der Waals surface area contributed by atoms with Crippen molar-refractivity contribution in [2.24, 2.45) is 0 Å². The molecular formula is C6H11NO4S. The van der Waals surface area contributed by atoms with Crippen molar-refractivity contribution < 1.29 is 20.1 Å². The molecule has 1 aliphatic rings. The Morgan fingerprint density at radius 1 is 1.75 bits per heavy atom. The van der Waals surface area contributed by atoms with Gasteiger partial charge in [0.25, 0.3) is 0 Å². The molecule has 1 rings (SSSR count). The minimum Gasteiger partial charge on any atom is -0.478 e. The molecule has 0 bridgehead atoms. The molecule has 0 aliphatic carbocycles. The number of aliphatic carboxylic acids is 1. The van der Waals surface area contributed by atoms with Gasteiger partial charge in [-0.05, 0) is 6.26 Å². The van der Waals surface area contributed by atoms with Crippen LogP contribution in [0.4, 0.5) is 0 Å². The SMILES string of the molecule is CSC1CN[C@](O)(C(=O)O)C1O. The summed E-state index contributed by atoms with van der Waals surface area (Å²) >= 11 is 1.32. The van der Waals surface area contributed by atoms with E-state index in [1.165, 1.54) is 11.8 Å². The fourth-order valence-electron chi connectivity index (χ4n) is 1.16. The number of carboxylic acids is 1. The molecular weight excluding hydrogens is 182 g/mol. The summed E-state index contributed by atoms with van der Waals surface area (Å²) in [6.07, 6.45) is 0.494. The Bertz CT molecular complexity index is 200. The molecule has 0 spiro atoms. The van der Waals surface area contributed by atoms with Crippen LogP contribution in [-0.4, -0.2) is 51.2 Å². The molecule has 0 aromatic heterocycles. The number of hydrogen-bond donors (Lipinski definition) is 4. The number of nitrogens with one attached hydrogen (secondary N) is 1. The van der Waals surface area contributed by atoms with E-state index < -0.39 is 17.8 Å². The lowest BCUT2D eigenvalue weighted by molar-refractivity contribution is -0.170. The van der Waals surface area contributed by atoms with Crippen molar-refractivity contribution in [3.63, 3.8) is 0 Å². The predicted octanol–water partition coefficient (Wildman–Crippen LogP) is -1.54. The standard InChI is InChI=1S/C6H11NO4S/c1-12-3-2-7-6(11,4(3)8)5(9)10/h3-4,7-8,11H,2H2,1H3,(H,9,10)/t3?,4?,6-/m1/s1. The highest BCUT2D eigenvalue weighted by molar-refractivity contribution is 7.99. The van der Waals surface area contributed by atoms with Gasteiger partial charge in [-0.25, -0.2) is 4.79 Å². The van der Waals surface area contributed by atoms with Crippen LogP contribution in [0.25, 0.3) is 0 Å². The smallest absolute Gasteiger partial charge is 0.354 e. The summed E-state index contributed by atoms with van der Waals surface area (Å²) in [4.78, 5) is 10.5. The van der Waals surface area contributed by atoms with Crippen LogP contribution >= 0.6 is 11.8 Å². The average Bonchev–Trinajstić information content (AvgIpc) is 2.31. The second-order valence-electron chi connectivity index (χ2n) is 2.67. The predicted molar refractivity (Wildman–Crippen MR) is 43.9 cm³/mol. The Labute approximate surface area is 73.8 Å². The zero-order valence-electron chi connectivity index (χ0n) is 6.52. The normalized spacial score (nSPS) is 41.6. The molecule has 4 N–H and O–H groups in total. The van der Waals surface area contributed by atoms with Crippen molar-refractivity contribution in [2.75, 3.05) is 12.8 Å². The number of hydrogen-bond acceptors (Lipinski definition) is 5. The van der Waals surface area contributed by atoms with Crippen molar-refractivity contribution in [1.29, 1.82) is 0 Å². The molecule has 0 aromatic carbocycles. The maximum absolute atomic E-state index is 10.5. The van der Waals surface area contributed by atoms with Crippen LogP contribution in [0.15, 0.2) is 0 Å². The van der Waals surface area contributed by atoms with Gasteiger partial charge in [0.05, 0.1) is 0 Å². The second-order valence-corrected chi connectivity index (χ2v) is 3.75. The number of thioether (sulfide) groups is 1. The average molecular weight is 193 g/mol. The third kappa shape index (κ3) is 1.31. The van der Waals surface area contributed by atoms with Crippen LogP contribution < -0.4 is 5.32 Å². The summed E-state index contributed by atoms with van der Waals surface area (Å²) in [7, 11) is 0. The lowest BCUT2D eigenvalue weighted by Gasteiger charge is -2.22. The van der Waals surface area contributed by atoms with E-state index in [0.717, 1.165) is 0 Å². The van der Waals surface area contributed by atoms with Crippen LogP contribution in [0, 0.1) is 0 Å². The Morgan fingerprint density at radius 2 is 2.33 bits per heavy atom. The van der Waals surface area contributed by atoms with E-state index in [1.807, 2.05) is 0 Å². The molecule has 3 atom stereocenters. The van der Waals surface area contributed by atoms with Gasteiger partial charge in [-0.1, -0.05) is 0 Å². The van der Waals surface area contributed by atoms with E-state index in [2.05, 4.69) is 5.32 Å². The van der Waals surface area contributed by atoms with Crippen molar-refractivity contribution in [1.82, 2.24) is 5.32 Å². The van der Waals surface area contributed by atoms with Gasteiger partial charge < -0.3 is 15.3 Å². The van der Waals surface area contributed by atoms with E-state index in [-0.39, 0.29) is 5.25 Å². The highest BCUT2D eigenvalue weighted by Gasteiger charge is 2.52. The molecule has 1 heterocycles. The maximum atomic E-state index is 10.5. The molecule has 1 fully saturated rings. The summed E-state index contributed by atoms with van der Waals surface area (Å²) in [5.41, 5.74) is -2.17. The first-order chi connectivity index (χ1) is 5.52. The minimum atomic E-state index is -2.17. The Balaban J connectivity index is 2.77. The second kappa shape index (κ2) is 3.21. The first kappa shape index (κ1) is 9.79. The number of rotatable bonds is 2. The van der Waals surface area contributed by atoms with E-state index in [1.54, 1.807) is 6.26 Å². The van der Waals surface area contributed by atoms with Crippen LogP contribution in [0.2, 0.25) is 0 Å². The molecule has 6 heteroatoms. The van der Waals surface area contributed by atoms with E-state index in [9.17, 15) is 15.0 Å². The first-order valence-corrected chi connectivity index (χ1v) is 4.73. The lowest BCUT2D eigenvalue weighted by Crippen LogP contribution is -2.55. The number of carbonyl (C=O) groups is 1. The Hall–Kier alpha value is -0.300. The number of aliphatic hydroxyl groups is 2. The van der Waals surface area contributed by atoms with Gasteiger partial charge in [0.2, 0.25) is 5.72 Å². The zero-order chi connectivity index (χ0) is 9.35. The molecule has 2 unspecified atom stereocenters. The topological polar surface area (TPSA) is 89.8 Å². The largest absolute Gasteiger partial charge is 0.478 e. The number of aliphatic hydroxyl groups excluding tert-OH is 1. The van der Waals surface area contributed by atoms with Crippen LogP contribution in [0.1, 0.15) is 0 Å². The molecule has 0 radical (unpaired) electrons. The third-order valence-electron chi connectivity index (χ3n) is 1.98. The molecule has 0 aromatic rings. The summed E-state index contributed by atoms with van der Waals surface area (Å²) in [5, 5.41) is 29.4. The van der Waals surface area contributed by atoms with Crippen LogP contribution in [0.3, 0.4) is 0 Å².